The first-order chi connectivity index (χ1) is 12.0. The number of piperazine rings is 1. The Balaban J connectivity index is 1.86. The van der Waals surface area contributed by atoms with Gasteiger partial charge in [0.15, 0.2) is 0 Å². The maximum atomic E-state index is 12.5. The van der Waals surface area contributed by atoms with E-state index in [1.54, 1.807) is 9.80 Å². The molecular formula is C20H31N3O3. The summed E-state index contributed by atoms with van der Waals surface area (Å²) < 4.78 is 5.38. The van der Waals surface area contributed by atoms with E-state index in [2.05, 4.69) is 25.8 Å². The molecule has 0 bridgehead atoms. The maximum absolute atomic E-state index is 12.5. The smallest absolute Gasteiger partial charge is 0.410 e. The number of carbonyl (C=O) groups is 2. The molecule has 2 heterocycles. The minimum absolute atomic E-state index is 0.0462. The van der Waals surface area contributed by atoms with E-state index in [1.807, 2.05) is 39.1 Å². The van der Waals surface area contributed by atoms with Crippen molar-refractivity contribution in [3.63, 3.8) is 0 Å². The van der Waals surface area contributed by atoms with Crippen LogP contribution in [0.15, 0.2) is 18.3 Å². The second-order valence-electron chi connectivity index (χ2n) is 8.81. The van der Waals surface area contributed by atoms with Crippen LogP contribution in [0.25, 0.3) is 0 Å². The molecule has 0 N–H and O–H groups in total. The molecule has 144 valence electrons. The zero-order valence-corrected chi connectivity index (χ0v) is 16.8. The molecule has 0 aliphatic carbocycles. The SMILES string of the molecule is CC(C)(C)OC(=O)N1CCN(C(=O)Cc2ccc(C(C)(C)C)cn2)CC1. The molecular weight excluding hydrogens is 330 g/mol. The molecule has 6 nitrogen and oxygen atoms in total. The van der Waals surface area contributed by atoms with Crippen molar-refractivity contribution in [1.29, 1.82) is 0 Å². The number of rotatable bonds is 2. The number of ether oxygens (including phenoxy) is 1. The van der Waals surface area contributed by atoms with Crippen molar-refractivity contribution < 1.29 is 14.3 Å². The van der Waals surface area contributed by atoms with Gasteiger partial charge in [-0.1, -0.05) is 26.8 Å². The van der Waals surface area contributed by atoms with Crippen LogP contribution in [0.5, 0.6) is 0 Å². The fraction of sp³-hybridized carbons (Fsp3) is 0.650. The highest BCUT2D eigenvalue weighted by Crippen LogP contribution is 2.21. The van der Waals surface area contributed by atoms with E-state index < -0.39 is 5.60 Å². The lowest BCUT2D eigenvalue weighted by molar-refractivity contribution is -0.132. The Morgan fingerprint density at radius 2 is 1.58 bits per heavy atom. The quantitative estimate of drug-likeness (QED) is 0.812. The molecule has 0 atom stereocenters. The molecule has 26 heavy (non-hydrogen) atoms. The van der Waals surface area contributed by atoms with Gasteiger partial charge in [0, 0.05) is 38.1 Å². The van der Waals surface area contributed by atoms with Crippen LogP contribution >= 0.6 is 0 Å². The largest absolute Gasteiger partial charge is 0.444 e. The standard InChI is InChI=1S/C20H31N3O3/c1-19(2,3)15-7-8-16(21-14-15)13-17(24)22-9-11-23(12-10-22)18(25)26-20(4,5)6/h7-8,14H,9-13H2,1-6H3. The second kappa shape index (κ2) is 7.64. The van der Waals surface area contributed by atoms with E-state index in [1.165, 1.54) is 0 Å². The van der Waals surface area contributed by atoms with Crippen LogP contribution in [0.1, 0.15) is 52.8 Å². The normalized spacial score (nSPS) is 15.8. The number of pyridine rings is 1. The third kappa shape index (κ3) is 5.71. The van der Waals surface area contributed by atoms with Crippen molar-refractivity contribution in [3.05, 3.63) is 29.6 Å². The molecule has 6 heteroatoms. The first kappa shape index (κ1) is 20.2. The average Bonchev–Trinajstić information content (AvgIpc) is 2.53. The van der Waals surface area contributed by atoms with E-state index in [0.717, 1.165) is 11.3 Å². The lowest BCUT2D eigenvalue weighted by atomic mass is 9.88. The summed E-state index contributed by atoms with van der Waals surface area (Å²) in [7, 11) is 0. The summed E-state index contributed by atoms with van der Waals surface area (Å²) in [6, 6.07) is 3.96. The van der Waals surface area contributed by atoms with Crippen LogP contribution in [0.4, 0.5) is 4.79 Å². The predicted octanol–water partition coefficient (Wildman–Crippen LogP) is 3.00. The molecule has 1 aliphatic heterocycles. The van der Waals surface area contributed by atoms with Crippen molar-refractivity contribution in [2.45, 2.75) is 59.0 Å². The van der Waals surface area contributed by atoms with Crippen LogP contribution < -0.4 is 0 Å². The fourth-order valence-electron chi connectivity index (χ4n) is 2.70. The molecule has 0 aromatic carbocycles. The van der Waals surface area contributed by atoms with Gasteiger partial charge in [0.1, 0.15) is 5.60 Å². The summed E-state index contributed by atoms with van der Waals surface area (Å²) in [5.41, 5.74) is 1.47. The fourth-order valence-corrected chi connectivity index (χ4v) is 2.70. The van der Waals surface area contributed by atoms with Gasteiger partial charge in [-0.2, -0.15) is 0 Å². The topological polar surface area (TPSA) is 62.7 Å². The Labute approximate surface area is 156 Å². The summed E-state index contributed by atoms with van der Waals surface area (Å²) in [5.74, 6) is 0.0462. The lowest BCUT2D eigenvalue weighted by Crippen LogP contribution is -2.52. The number of carbonyl (C=O) groups excluding carboxylic acids is 2. The maximum Gasteiger partial charge on any atom is 0.410 e. The zero-order valence-electron chi connectivity index (χ0n) is 16.8. The van der Waals surface area contributed by atoms with Gasteiger partial charge in [-0.15, -0.1) is 0 Å². The van der Waals surface area contributed by atoms with E-state index in [4.69, 9.17) is 4.74 Å². The Morgan fingerprint density at radius 3 is 2.04 bits per heavy atom. The average molecular weight is 361 g/mol. The molecule has 0 unspecified atom stereocenters. The van der Waals surface area contributed by atoms with Gasteiger partial charge in [-0.05, 0) is 37.8 Å². The van der Waals surface area contributed by atoms with Gasteiger partial charge >= 0.3 is 6.09 Å². The highest BCUT2D eigenvalue weighted by atomic mass is 16.6. The van der Waals surface area contributed by atoms with Gasteiger partial charge in [-0.3, -0.25) is 9.78 Å². The van der Waals surface area contributed by atoms with Gasteiger partial charge in [-0.25, -0.2) is 4.79 Å². The summed E-state index contributed by atoms with van der Waals surface area (Å²) in [6.45, 7) is 14.0. The number of nitrogens with zero attached hydrogens (tertiary/aromatic N) is 3. The first-order valence-electron chi connectivity index (χ1n) is 9.17. The van der Waals surface area contributed by atoms with Gasteiger partial charge in [0.25, 0.3) is 0 Å². The number of hydrogen-bond donors (Lipinski definition) is 0. The van der Waals surface area contributed by atoms with Crippen molar-refractivity contribution in [2.24, 2.45) is 0 Å². The van der Waals surface area contributed by atoms with Crippen molar-refractivity contribution in [3.8, 4) is 0 Å². The summed E-state index contributed by atoms with van der Waals surface area (Å²) >= 11 is 0. The van der Waals surface area contributed by atoms with Crippen LogP contribution in [-0.4, -0.2) is 58.6 Å². The molecule has 1 fully saturated rings. The third-order valence-corrected chi connectivity index (χ3v) is 4.31. The number of amides is 2. The summed E-state index contributed by atoms with van der Waals surface area (Å²) in [4.78, 5) is 32.5. The number of aromatic nitrogens is 1. The zero-order chi connectivity index (χ0) is 19.5. The Kier molecular flexibility index (Phi) is 5.94. The number of hydrogen-bond acceptors (Lipinski definition) is 4. The van der Waals surface area contributed by atoms with Gasteiger partial charge in [0.05, 0.1) is 6.42 Å². The van der Waals surface area contributed by atoms with Crippen molar-refractivity contribution >= 4 is 12.0 Å². The van der Waals surface area contributed by atoms with E-state index in [9.17, 15) is 9.59 Å². The minimum atomic E-state index is -0.505. The van der Waals surface area contributed by atoms with E-state index in [-0.39, 0.29) is 23.8 Å². The first-order valence-corrected chi connectivity index (χ1v) is 9.17. The molecule has 1 aromatic rings. The van der Waals surface area contributed by atoms with Crippen molar-refractivity contribution in [2.75, 3.05) is 26.2 Å². The molecule has 0 radical (unpaired) electrons. The van der Waals surface area contributed by atoms with Crippen LogP contribution in [0, 0.1) is 0 Å². The molecule has 1 aliphatic rings. The van der Waals surface area contributed by atoms with E-state index in [0.29, 0.717) is 26.2 Å². The monoisotopic (exact) mass is 361 g/mol. The van der Waals surface area contributed by atoms with Gasteiger partial charge < -0.3 is 14.5 Å². The Hall–Kier alpha value is -2.11. The highest BCUT2D eigenvalue weighted by molar-refractivity contribution is 5.78. The van der Waals surface area contributed by atoms with Crippen LogP contribution in [0.2, 0.25) is 0 Å². The summed E-state index contributed by atoms with van der Waals surface area (Å²) in [6.07, 6.45) is 1.82. The van der Waals surface area contributed by atoms with Gasteiger partial charge in [0.2, 0.25) is 5.91 Å². The highest BCUT2D eigenvalue weighted by Gasteiger charge is 2.27. The molecule has 1 saturated heterocycles. The molecule has 2 amide bonds. The lowest BCUT2D eigenvalue weighted by Gasteiger charge is -2.35. The third-order valence-electron chi connectivity index (χ3n) is 4.31. The van der Waals surface area contributed by atoms with E-state index >= 15 is 0 Å². The Bertz CT molecular complexity index is 634. The van der Waals surface area contributed by atoms with Crippen LogP contribution in [-0.2, 0) is 21.4 Å². The summed E-state index contributed by atoms with van der Waals surface area (Å²) in [5, 5.41) is 0. The van der Waals surface area contributed by atoms with Crippen LogP contribution in [0.3, 0.4) is 0 Å². The Morgan fingerprint density at radius 1 is 1.00 bits per heavy atom. The molecule has 0 spiro atoms. The molecule has 0 saturated carbocycles. The van der Waals surface area contributed by atoms with Crippen molar-refractivity contribution in [1.82, 2.24) is 14.8 Å². The predicted molar refractivity (Wildman–Crippen MR) is 101 cm³/mol. The minimum Gasteiger partial charge on any atom is -0.444 e. The molecule has 2 rings (SSSR count). The second-order valence-corrected chi connectivity index (χ2v) is 8.81. The molecule has 1 aromatic heterocycles.